The molecule has 2 amide bonds. The Balaban J connectivity index is 1.88. The van der Waals surface area contributed by atoms with Crippen molar-refractivity contribution in [3.8, 4) is 0 Å². The van der Waals surface area contributed by atoms with Gasteiger partial charge in [0.1, 0.15) is 0 Å². The van der Waals surface area contributed by atoms with E-state index in [1.54, 1.807) is 4.90 Å². The van der Waals surface area contributed by atoms with Crippen molar-refractivity contribution < 1.29 is 24.5 Å². The maximum absolute atomic E-state index is 12.0. The number of carbonyl (C=O) groups excluding carboxylic acids is 1. The zero-order valence-corrected chi connectivity index (χ0v) is 10.7. The molecule has 2 unspecified atom stereocenters. The largest absolute Gasteiger partial charge is 0.479 e. The van der Waals surface area contributed by atoms with E-state index in [1.165, 1.54) is 0 Å². The molecule has 0 bridgehead atoms. The Morgan fingerprint density at radius 2 is 2.11 bits per heavy atom. The molecular formula is C12H20N2O5. The van der Waals surface area contributed by atoms with Gasteiger partial charge in [0.2, 0.25) is 0 Å². The lowest BCUT2D eigenvalue weighted by molar-refractivity contribution is -0.146. The highest BCUT2D eigenvalue weighted by atomic mass is 16.5. The molecule has 0 aromatic carbocycles. The molecule has 1 heterocycles. The van der Waals surface area contributed by atoms with Crippen molar-refractivity contribution in [3.63, 3.8) is 0 Å². The molecule has 0 radical (unpaired) electrons. The number of fused-ring (bicyclic) bond motifs is 1. The summed E-state index contributed by atoms with van der Waals surface area (Å²) in [5.74, 6) is -1.34. The van der Waals surface area contributed by atoms with Gasteiger partial charge in [0.15, 0.2) is 6.10 Å². The van der Waals surface area contributed by atoms with E-state index in [0.717, 1.165) is 25.7 Å². The molecule has 0 aromatic heterocycles. The van der Waals surface area contributed by atoms with Crippen LogP contribution in [0.2, 0.25) is 0 Å². The van der Waals surface area contributed by atoms with Crippen LogP contribution < -0.4 is 5.32 Å². The minimum Gasteiger partial charge on any atom is -0.479 e. The van der Waals surface area contributed by atoms with Gasteiger partial charge < -0.3 is 25.2 Å². The van der Waals surface area contributed by atoms with Crippen LogP contribution in [-0.4, -0.2) is 65.1 Å². The first-order valence-electron chi connectivity index (χ1n) is 6.66. The predicted molar refractivity (Wildman–Crippen MR) is 65.7 cm³/mol. The first-order chi connectivity index (χ1) is 9.09. The number of morpholine rings is 1. The lowest BCUT2D eigenvalue weighted by Crippen LogP contribution is -2.58. The van der Waals surface area contributed by atoms with Crippen LogP contribution in [0.25, 0.3) is 0 Å². The van der Waals surface area contributed by atoms with E-state index in [4.69, 9.17) is 14.9 Å². The monoisotopic (exact) mass is 272 g/mol. The van der Waals surface area contributed by atoms with Crippen molar-refractivity contribution in [3.05, 3.63) is 0 Å². The molecule has 0 spiro atoms. The number of hydrogen-bond donors (Lipinski definition) is 3. The van der Waals surface area contributed by atoms with Crippen LogP contribution in [-0.2, 0) is 9.53 Å². The Morgan fingerprint density at radius 1 is 1.37 bits per heavy atom. The zero-order chi connectivity index (χ0) is 13.8. The third-order valence-electron chi connectivity index (χ3n) is 3.72. The average Bonchev–Trinajstić information content (AvgIpc) is 2.43. The number of hydrogen-bond acceptors (Lipinski definition) is 4. The lowest BCUT2D eigenvalue weighted by atomic mass is 9.90. The fraction of sp³-hybridized carbons (Fsp3) is 0.833. The normalized spacial score (nSPS) is 28.4. The maximum atomic E-state index is 12.0. The van der Waals surface area contributed by atoms with E-state index < -0.39 is 12.1 Å². The molecule has 108 valence electrons. The fourth-order valence-electron chi connectivity index (χ4n) is 2.72. The molecule has 1 aliphatic carbocycles. The Labute approximate surface area is 111 Å². The number of aliphatic carboxylic acids is 1. The highest BCUT2D eigenvalue weighted by Gasteiger charge is 2.36. The van der Waals surface area contributed by atoms with Crippen LogP contribution in [0.5, 0.6) is 0 Å². The van der Waals surface area contributed by atoms with Gasteiger partial charge in [0.05, 0.1) is 25.3 Å². The van der Waals surface area contributed by atoms with Gasteiger partial charge >= 0.3 is 12.0 Å². The van der Waals surface area contributed by atoms with Crippen molar-refractivity contribution in [1.29, 1.82) is 0 Å². The number of carboxylic acids is 1. The highest BCUT2D eigenvalue weighted by Crippen LogP contribution is 2.28. The van der Waals surface area contributed by atoms with Crippen molar-refractivity contribution in [2.45, 2.75) is 43.9 Å². The van der Waals surface area contributed by atoms with Gasteiger partial charge in [0, 0.05) is 6.54 Å². The minimum atomic E-state index is -1.56. The number of aliphatic hydroxyl groups is 1. The molecule has 3 N–H and O–H groups in total. The SMILES string of the molecule is O=C(O)[C@@H](O)CNC(=O)N1CCOC2CCCCC21. The van der Waals surface area contributed by atoms with Gasteiger partial charge in [-0.1, -0.05) is 12.8 Å². The lowest BCUT2D eigenvalue weighted by Gasteiger charge is -2.43. The van der Waals surface area contributed by atoms with Gasteiger partial charge in [-0.2, -0.15) is 0 Å². The van der Waals surface area contributed by atoms with E-state index in [0.29, 0.717) is 13.2 Å². The van der Waals surface area contributed by atoms with E-state index in [2.05, 4.69) is 5.32 Å². The third-order valence-corrected chi connectivity index (χ3v) is 3.72. The minimum absolute atomic E-state index is 0.0736. The van der Waals surface area contributed by atoms with E-state index in [9.17, 15) is 9.59 Å². The van der Waals surface area contributed by atoms with Gasteiger partial charge in [-0.15, -0.1) is 0 Å². The Bertz CT molecular complexity index is 347. The number of nitrogens with one attached hydrogen (secondary N) is 1. The quantitative estimate of drug-likeness (QED) is 0.660. The predicted octanol–water partition coefficient (Wildman–Crippen LogP) is -0.215. The summed E-state index contributed by atoms with van der Waals surface area (Å²) in [6.07, 6.45) is 2.61. The summed E-state index contributed by atoms with van der Waals surface area (Å²) in [4.78, 5) is 24.2. The standard InChI is InChI=1S/C12H20N2O5/c15-9(11(16)17)7-13-12(18)14-5-6-19-10-4-2-1-3-8(10)14/h8-10,15H,1-7H2,(H,13,18)(H,16,17)/t8?,9-,10?/m0/s1. The summed E-state index contributed by atoms with van der Waals surface area (Å²) in [6.45, 7) is 0.745. The van der Waals surface area contributed by atoms with E-state index >= 15 is 0 Å². The second-order valence-corrected chi connectivity index (χ2v) is 4.99. The molecule has 2 rings (SSSR count). The number of amides is 2. The van der Waals surface area contributed by atoms with Gasteiger partial charge in [-0.25, -0.2) is 9.59 Å². The van der Waals surface area contributed by atoms with Gasteiger partial charge in [-0.05, 0) is 12.8 Å². The van der Waals surface area contributed by atoms with Crippen LogP contribution in [0.1, 0.15) is 25.7 Å². The van der Waals surface area contributed by atoms with Crippen molar-refractivity contribution in [1.82, 2.24) is 10.2 Å². The summed E-state index contributed by atoms with van der Waals surface area (Å²) < 4.78 is 5.66. The molecule has 1 saturated carbocycles. The van der Waals surface area contributed by atoms with Crippen molar-refractivity contribution >= 4 is 12.0 Å². The average molecular weight is 272 g/mol. The van der Waals surface area contributed by atoms with Gasteiger partial charge in [0.25, 0.3) is 0 Å². The number of nitrogens with zero attached hydrogens (tertiary/aromatic N) is 1. The van der Waals surface area contributed by atoms with Crippen LogP contribution >= 0.6 is 0 Å². The smallest absolute Gasteiger partial charge is 0.334 e. The molecule has 7 heteroatoms. The zero-order valence-electron chi connectivity index (χ0n) is 10.7. The van der Waals surface area contributed by atoms with Crippen LogP contribution in [0.3, 0.4) is 0 Å². The summed E-state index contributed by atoms with van der Waals surface area (Å²) in [5, 5.41) is 20.2. The molecule has 2 aliphatic rings. The molecule has 3 atom stereocenters. The number of carbonyl (C=O) groups is 2. The second kappa shape index (κ2) is 6.21. The molecule has 1 aliphatic heterocycles. The molecular weight excluding hydrogens is 252 g/mol. The summed E-state index contributed by atoms with van der Waals surface area (Å²) in [5.41, 5.74) is 0. The highest BCUT2D eigenvalue weighted by molar-refractivity contribution is 5.77. The first-order valence-corrected chi connectivity index (χ1v) is 6.66. The van der Waals surface area contributed by atoms with Gasteiger partial charge in [-0.3, -0.25) is 0 Å². The Hall–Kier alpha value is -1.34. The molecule has 2 fully saturated rings. The maximum Gasteiger partial charge on any atom is 0.334 e. The number of urea groups is 1. The first kappa shape index (κ1) is 14.1. The van der Waals surface area contributed by atoms with E-state index in [1.807, 2.05) is 0 Å². The third kappa shape index (κ3) is 3.36. The molecule has 7 nitrogen and oxygen atoms in total. The fourth-order valence-corrected chi connectivity index (χ4v) is 2.72. The topological polar surface area (TPSA) is 99.1 Å². The summed E-state index contributed by atoms with van der Waals surface area (Å²) in [6, 6.07) is -0.245. The van der Waals surface area contributed by atoms with Crippen LogP contribution in [0, 0.1) is 0 Å². The summed E-state index contributed by atoms with van der Waals surface area (Å²) in [7, 11) is 0. The summed E-state index contributed by atoms with van der Waals surface area (Å²) >= 11 is 0. The van der Waals surface area contributed by atoms with E-state index in [-0.39, 0.29) is 24.7 Å². The van der Waals surface area contributed by atoms with Crippen LogP contribution in [0.15, 0.2) is 0 Å². The number of rotatable bonds is 3. The van der Waals surface area contributed by atoms with Crippen LogP contribution in [0.4, 0.5) is 4.79 Å². The number of ether oxygens (including phenoxy) is 1. The Kier molecular flexibility index (Phi) is 4.60. The number of carboxylic acid groups (broad SMARTS) is 1. The molecule has 19 heavy (non-hydrogen) atoms. The Morgan fingerprint density at radius 3 is 2.84 bits per heavy atom. The molecule has 0 aromatic rings. The van der Waals surface area contributed by atoms with Crippen molar-refractivity contribution in [2.75, 3.05) is 19.7 Å². The number of aliphatic hydroxyl groups excluding tert-OH is 1. The second-order valence-electron chi connectivity index (χ2n) is 4.99. The van der Waals surface area contributed by atoms with Crippen molar-refractivity contribution in [2.24, 2.45) is 0 Å². The molecule has 1 saturated heterocycles.